The van der Waals surface area contributed by atoms with Crippen molar-refractivity contribution in [2.75, 3.05) is 11.1 Å². The van der Waals surface area contributed by atoms with Gasteiger partial charge in [0.15, 0.2) is 11.7 Å². The third-order valence-corrected chi connectivity index (χ3v) is 5.00. The number of anilines is 1. The fourth-order valence-corrected chi connectivity index (χ4v) is 3.10. The number of thioether (sulfide) groups is 1. The SMILES string of the molecule is CC[C@@H](C)n1nccc1NC(=O)[C@H](C)OC(=O)CSc1nc2ccccc2o1. The number of aromatic nitrogens is 3. The van der Waals surface area contributed by atoms with Crippen molar-refractivity contribution in [3.8, 4) is 0 Å². The lowest BCUT2D eigenvalue weighted by molar-refractivity contribution is -0.150. The molecule has 0 bridgehead atoms. The highest BCUT2D eigenvalue weighted by molar-refractivity contribution is 7.99. The minimum atomic E-state index is -0.933. The number of ether oxygens (including phenoxy) is 1. The van der Waals surface area contributed by atoms with E-state index in [0.29, 0.717) is 16.6 Å². The van der Waals surface area contributed by atoms with Crippen LogP contribution in [0.1, 0.15) is 33.2 Å². The van der Waals surface area contributed by atoms with E-state index in [2.05, 4.69) is 15.4 Å². The van der Waals surface area contributed by atoms with E-state index in [-0.39, 0.29) is 11.8 Å². The molecule has 3 aromatic rings. The van der Waals surface area contributed by atoms with Gasteiger partial charge in [0.25, 0.3) is 11.1 Å². The van der Waals surface area contributed by atoms with Crippen LogP contribution in [0.5, 0.6) is 0 Å². The molecule has 1 N–H and O–H groups in total. The van der Waals surface area contributed by atoms with E-state index in [1.54, 1.807) is 23.0 Å². The van der Waals surface area contributed by atoms with E-state index in [1.165, 1.54) is 6.92 Å². The Morgan fingerprint density at radius 3 is 2.82 bits per heavy atom. The van der Waals surface area contributed by atoms with Crippen molar-refractivity contribution in [1.29, 1.82) is 0 Å². The van der Waals surface area contributed by atoms with Crippen LogP contribution in [0.25, 0.3) is 11.1 Å². The number of fused-ring (bicyclic) bond motifs is 1. The first-order chi connectivity index (χ1) is 13.5. The highest BCUT2D eigenvalue weighted by Gasteiger charge is 2.20. The molecule has 0 aliphatic carbocycles. The number of carbonyl (C=O) groups excluding carboxylic acids is 2. The zero-order valence-corrected chi connectivity index (χ0v) is 16.7. The van der Waals surface area contributed by atoms with Crippen LogP contribution in [0.15, 0.2) is 46.2 Å². The molecule has 0 spiro atoms. The summed E-state index contributed by atoms with van der Waals surface area (Å²) in [4.78, 5) is 28.7. The average Bonchev–Trinajstić information content (AvgIpc) is 3.32. The van der Waals surface area contributed by atoms with Gasteiger partial charge in [-0.25, -0.2) is 9.67 Å². The van der Waals surface area contributed by atoms with Crippen molar-refractivity contribution in [3.05, 3.63) is 36.5 Å². The fraction of sp³-hybridized carbons (Fsp3) is 0.368. The van der Waals surface area contributed by atoms with Gasteiger partial charge in [-0.2, -0.15) is 5.10 Å². The molecule has 0 saturated carbocycles. The molecule has 0 radical (unpaired) electrons. The monoisotopic (exact) mass is 402 g/mol. The zero-order chi connectivity index (χ0) is 20.1. The van der Waals surface area contributed by atoms with Gasteiger partial charge in [-0.1, -0.05) is 30.8 Å². The highest BCUT2D eigenvalue weighted by Crippen LogP contribution is 2.23. The number of rotatable bonds is 8. The quantitative estimate of drug-likeness (QED) is 0.453. The summed E-state index contributed by atoms with van der Waals surface area (Å²) < 4.78 is 12.5. The molecule has 1 aromatic carbocycles. The largest absolute Gasteiger partial charge is 0.452 e. The lowest BCUT2D eigenvalue weighted by Gasteiger charge is -2.16. The van der Waals surface area contributed by atoms with Crippen LogP contribution in [0.3, 0.4) is 0 Å². The van der Waals surface area contributed by atoms with Gasteiger partial charge in [0.05, 0.1) is 12.2 Å². The molecule has 9 heteroatoms. The summed E-state index contributed by atoms with van der Waals surface area (Å²) in [6, 6.07) is 9.21. The number of hydrogen-bond acceptors (Lipinski definition) is 7. The Hall–Kier alpha value is -2.81. The Morgan fingerprint density at radius 2 is 2.07 bits per heavy atom. The van der Waals surface area contributed by atoms with Crippen molar-refractivity contribution in [2.45, 2.75) is 44.6 Å². The third-order valence-electron chi connectivity index (χ3n) is 4.20. The Bertz CT molecular complexity index is 935. The van der Waals surface area contributed by atoms with E-state index in [1.807, 2.05) is 32.0 Å². The topological polar surface area (TPSA) is 99.2 Å². The van der Waals surface area contributed by atoms with Gasteiger partial charge < -0.3 is 14.5 Å². The van der Waals surface area contributed by atoms with Gasteiger partial charge in [-0.15, -0.1) is 0 Å². The number of oxazole rings is 1. The third kappa shape index (κ3) is 4.72. The van der Waals surface area contributed by atoms with Crippen LogP contribution in [0.2, 0.25) is 0 Å². The first-order valence-corrected chi connectivity index (χ1v) is 9.98. The number of nitrogens with one attached hydrogen (secondary N) is 1. The first kappa shape index (κ1) is 19.9. The summed E-state index contributed by atoms with van der Waals surface area (Å²) in [5, 5.41) is 7.35. The summed E-state index contributed by atoms with van der Waals surface area (Å²) in [5.74, 6) is -0.367. The molecule has 2 aromatic heterocycles. The van der Waals surface area contributed by atoms with Crippen molar-refractivity contribution in [3.63, 3.8) is 0 Å². The predicted octanol–water partition coefficient (Wildman–Crippen LogP) is 3.66. The second-order valence-corrected chi connectivity index (χ2v) is 7.20. The van der Waals surface area contributed by atoms with Crippen LogP contribution in [0, 0.1) is 0 Å². The molecule has 0 aliphatic rings. The summed E-state index contributed by atoms with van der Waals surface area (Å²) in [7, 11) is 0. The van der Waals surface area contributed by atoms with Crippen molar-refractivity contribution < 1.29 is 18.7 Å². The molecule has 2 heterocycles. The molecule has 2 atom stereocenters. The number of benzene rings is 1. The number of hydrogen-bond donors (Lipinski definition) is 1. The summed E-state index contributed by atoms with van der Waals surface area (Å²) in [6.45, 7) is 5.58. The van der Waals surface area contributed by atoms with Crippen molar-refractivity contribution >= 4 is 40.6 Å². The normalized spacial score (nSPS) is 13.2. The Kier molecular flexibility index (Phi) is 6.35. The number of carbonyl (C=O) groups is 2. The summed E-state index contributed by atoms with van der Waals surface area (Å²) in [5.41, 5.74) is 1.38. The van der Waals surface area contributed by atoms with E-state index in [0.717, 1.165) is 23.7 Å². The maximum atomic E-state index is 12.3. The van der Waals surface area contributed by atoms with Gasteiger partial charge in [-0.3, -0.25) is 9.59 Å². The molecular weight excluding hydrogens is 380 g/mol. The smallest absolute Gasteiger partial charge is 0.317 e. The Morgan fingerprint density at radius 1 is 1.29 bits per heavy atom. The van der Waals surface area contributed by atoms with Crippen LogP contribution in [-0.2, 0) is 14.3 Å². The van der Waals surface area contributed by atoms with Gasteiger partial charge in [0.2, 0.25) is 0 Å². The molecule has 8 nitrogen and oxygen atoms in total. The number of nitrogens with zero attached hydrogens (tertiary/aromatic N) is 3. The molecular formula is C19H22N4O4S. The van der Waals surface area contributed by atoms with E-state index in [9.17, 15) is 9.59 Å². The maximum absolute atomic E-state index is 12.3. The molecule has 3 rings (SSSR count). The number of esters is 1. The van der Waals surface area contributed by atoms with Gasteiger partial charge in [0, 0.05) is 6.07 Å². The maximum Gasteiger partial charge on any atom is 0.317 e. The van der Waals surface area contributed by atoms with Crippen LogP contribution in [-0.4, -0.2) is 38.5 Å². The second kappa shape index (κ2) is 8.92. The van der Waals surface area contributed by atoms with E-state index < -0.39 is 18.0 Å². The molecule has 28 heavy (non-hydrogen) atoms. The molecule has 0 saturated heterocycles. The Balaban J connectivity index is 1.50. The summed E-state index contributed by atoms with van der Waals surface area (Å²) >= 11 is 1.12. The standard InChI is InChI=1S/C19H22N4O4S/c1-4-12(2)23-16(9-10-20-23)22-18(25)13(3)26-17(24)11-28-19-21-14-7-5-6-8-15(14)27-19/h5-10,12-13H,4,11H2,1-3H3,(H,22,25)/t12-,13+/m1/s1. The molecule has 0 aliphatic heterocycles. The molecule has 0 unspecified atom stereocenters. The van der Waals surface area contributed by atoms with Gasteiger partial charge >= 0.3 is 5.97 Å². The van der Waals surface area contributed by atoms with Gasteiger partial charge in [-0.05, 0) is 32.4 Å². The average molecular weight is 402 g/mol. The van der Waals surface area contributed by atoms with Crippen molar-refractivity contribution in [1.82, 2.24) is 14.8 Å². The van der Waals surface area contributed by atoms with E-state index >= 15 is 0 Å². The van der Waals surface area contributed by atoms with Gasteiger partial charge in [0.1, 0.15) is 17.1 Å². The highest BCUT2D eigenvalue weighted by atomic mass is 32.2. The number of para-hydroxylation sites is 2. The molecule has 1 amide bonds. The second-order valence-electron chi connectivity index (χ2n) is 6.28. The Labute approximate surface area is 166 Å². The van der Waals surface area contributed by atoms with Crippen LogP contribution < -0.4 is 5.32 Å². The van der Waals surface area contributed by atoms with Crippen LogP contribution >= 0.6 is 11.8 Å². The summed E-state index contributed by atoms with van der Waals surface area (Å²) in [6.07, 6.45) is 1.56. The van der Waals surface area contributed by atoms with Crippen LogP contribution in [0.4, 0.5) is 5.82 Å². The minimum Gasteiger partial charge on any atom is -0.452 e. The van der Waals surface area contributed by atoms with Crippen molar-refractivity contribution in [2.24, 2.45) is 0 Å². The minimum absolute atomic E-state index is 0.00472. The van der Waals surface area contributed by atoms with E-state index in [4.69, 9.17) is 9.15 Å². The lowest BCUT2D eigenvalue weighted by atomic mass is 10.3. The number of amides is 1. The lowest BCUT2D eigenvalue weighted by Crippen LogP contribution is -2.31. The fourth-order valence-electron chi connectivity index (χ4n) is 2.48. The predicted molar refractivity (Wildman–Crippen MR) is 106 cm³/mol. The zero-order valence-electron chi connectivity index (χ0n) is 15.9. The molecule has 148 valence electrons. The first-order valence-electron chi connectivity index (χ1n) is 9.00. The molecule has 0 fully saturated rings.